The lowest BCUT2D eigenvalue weighted by molar-refractivity contribution is -0.584. The normalized spacial score (nSPS) is 21.8. The van der Waals surface area contributed by atoms with Crippen LogP contribution in [-0.4, -0.2) is 40.9 Å². The smallest absolute Gasteiger partial charge is 0.376 e. The Kier molecular flexibility index (Phi) is 6.55. The van der Waals surface area contributed by atoms with Gasteiger partial charge in [-0.3, -0.25) is 10.1 Å². The molecule has 1 heterocycles. The lowest BCUT2D eigenvalue weighted by Gasteiger charge is -2.38. The number of methoxy groups -OCH3 is 1. The summed E-state index contributed by atoms with van der Waals surface area (Å²) in [5.41, 5.74) is 0.704. The molecule has 0 aromatic heterocycles. The second-order valence-electron chi connectivity index (χ2n) is 7.80. The quantitative estimate of drug-likeness (QED) is 0.226. The summed E-state index contributed by atoms with van der Waals surface area (Å²) in [5.74, 6) is -1.12. The van der Waals surface area contributed by atoms with E-state index in [1.165, 1.54) is 14.0 Å². The fourth-order valence-electron chi connectivity index (χ4n) is 4.62. The molecule has 2 aromatic carbocycles. The Labute approximate surface area is 177 Å². The van der Waals surface area contributed by atoms with Crippen LogP contribution in [0.5, 0.6) is 0 Å². The zero-order valence-electron chi connectivity index (χ0n) is 17.7. The van der Waals surface area contributed by atoms with Crippen molar-refractivity contribution in [3.63, 3.8) is 0 Å². The summed E-state index contributed by atoms with van der Waals surface area (Å²) in [6.07, 6.45) is 3.27. The Morgan fingerprint density at radius 2 is 1.73 bits per heavy atom. The standard InChI is InChI=1S/C24H28N2O4/c1-18(20-11-6-4-7-12-20)17-25-16-10-15-24(25,23(27)30-3)22(19(2)26(28)29)21-13-8-5-9-14-21/h4-9,11-14,17-18,22H,10,15-16H2,1-3H3. The van der Waals surface area contributed by atoms with Gasteiger partial charge in [-0.2, -0.15) is 0 Å². The first-order valence-electron chi connectivity index (χ1n) is 10.2. The maximum atomic E-state index is 13.3. The summed E-state index contributed by atoms with van der Waals surface area (Å²) in [5, 5.41) is 11.9. The molecule has 1 saturated heterocycles. The number of ether oxygens (including phenoxy) is 1. The van der Waals surface area contributed by atoms with Gasteiger partial charge in [0, 0.05) is 18.8 Å². The summed E-state index contributed by atoms with van der Waals surface area (Å²) < 4.78 is 7.24. The topological polar surface area (TPSA) is 72.5 Å². The van der Waals surface area contributed by atoms with Gasteiger partial charge >= 0.3 is 5.97 Å². The number of esters is 1. The van der Waals surface area contributed by atoms with Gasteiger partial charge in [-0.1, -0.05) is 66.2 Å². The van der Waals surface area contributed by atoms with Gasteiger partial charge in [0.25, 0.3) is 0 Å². The Morgan fingerprint density at radius 1 is 1.17 bits per heavy atom. The summed E-state index contributed by atoms with van der Waals surface area (Å²) in [7, 11) is 1.35. The number of carbonyl (C=O) groups is 1. The van der Waals surface area contributed by atoms with Gasteiger partial charge in [-0.05, 0) is 18.5 Å². The van der Waals surface area contributed by atoms with E-state index in [-0.39, 0.29) is 16.9 Å². The molecule has 3 rings (SSSR count). The van der Waals surface area contributed by atoms with E-state index in [1.54, 1.807) is 0 Å². The zero-order chi connectivity index (χ0) is 21.7. The molecule has 158 valence electrons. The van der Waals surface area contributed by atoms with E-state index in [0.29, 0.717) is 13.0 Å². The maximum Gasteiger partial charge on any atom is 0.376 e. The first-order chi connectivity index (χ1) is 14.4. The maximum absolute atomic E-state index is 13.3. The second-order valence-corrected chi connectivity index (χ2v) is 7.80. The van der Waals surface area contributed by atoms with Crippen molar-refractivity contribution in [2.24, 2.45) is 0 Å². The van der Waals surface area contributed by atoms with Crippen molar-refractivity contribution in [1.29, 1.82) is 0 Å². The van der Waals surface area contributed by atoms with Crippen LogP contribution in [0, 0.1) is 16.2 Å². The van der Waals surface area contributed by atoms with Gasteiger partial charge in [0.15, 0.2) is 0 Å². The molecule has 0 saturated carbocycles. The van der Waals surface area contributed by atoms with Crippen LogP contribution in [0.25, 0.3) is 0 Å². The average molecular weight is 408 g/mol. The van der Waals surface area contributed by atoms with Gasteiger partial charge < -0.3 is 4.74 Å². The van der Waals surface area contributed by atoms with Crippen molar-refractivity contribution in [2.75, 3.05) is 13.7 Å². The number of hydrogen-bond donors (Lipinski definition) is 0. The number of benzene rings is 2. The van der Waals surface area contributed by atoms with Gasteiger partial charge in [-0.25, -0.2) is 9.37 Å². The molecular weight excluding hydrogens is 380 g/mol. The summed E-state index contributed by atoms with van der Waals surface area (Å²) >= 11 is 0. The summed E-state index contributed by atoms with van der Waals surface area (Å²) in [4.78, 5) is 24.8. The molecule has 1 fully saturated rings. The molecule has 6 heteroatoms. The van der Waals surface area contributed by atoms with Crippen molar-refractivity contribution < 1.29 is 19.0 Å². The summed E-state index contributed by atoms with van der Waals surface area (Å²) in [6.45, 7) is 4.21. The molecule has 0 bridgehead atoms. The van der Waals surface area contributed by atoms with Crippen LogP contribution in [0.3, 0.4) is 0 Å². The molecule has 1 aliphatic heterocycles. The highest BCUT2D eigenvalue weighted by Gasteiger charge is 2.59. The van der Waals surface area contributed by atoms with Crippen LogP contribution >= 0.6 is 0 Å². The molecule has 0 N–H and O–H groups in total. The number of nitro groups is 1. The van der Waals surface area contributed by atoms with Crippen molar-refractivity contribution in [3.8, 4) is 0 Å². The predicted molar refractivity (Wildman–Crippen MR) is 115 cm³/mol. The van der Waals surface area contributed by atoms with E-state index < -0.39 is 17.4 Å². The molecule has 0 amide bonds. The van der Waals surface area contributed by atoms with Crippen LogP contribution < -0.4 is 0 Å². The minimum absolute atomic E-state index is 0.0410. The minimum atomic E-state index is -1.16. The van der Waals surface area contributed by atoms with E-state index >= 15 is 0 Å². The zero-order valence-corrected chi connectivity index (χ0v) is 17.7. The van der Waals surface area contributed by atoms with Crippen molar-refractivity contribution in [2.45, 2.75) is 44.1 Å². The van der Waals surface area contributed by atoms with Crippen LogP contribution in [0.1, 0.15) is 49.7 Å². The highest BCUT2D eigenvalue weighted by Crippen LogP contribution is 2.45. The van der Waals surface area contributed by atoms with Crippen molar-refractivity contribution in [1.82, 2.24) is 0 Å². The first-order valence-corrected chi connectivity index (χ1v) is 10.2. The van der Waals surface area contributed by atoms with E-state index in [1.807, 2.05) is 71.5 Å². The van der Waals surface area contributed by atoms with Crippen LogP contribution in [0.2, 0.25) is 0 Å². The lowest BCUT2D eigenvalue weighted by Crippen LogP contribution is -2.54. The van der Waals surface area contributed by atoms with E-state index in [0.717, 1.165) is 17.5 Å². The molecule has 0 aliphatic carbocycles. The first kappa shape index (κ1) is 21.6. The van der Waals surface area contributed by atoms with Crippen molar-refractivity contribution in [3.05, 3.63) is 87.9 Å². The monoisotopic (exact) mass is 408 g/mol. The fourth-order valence-corrected chi connectivity index (χ4v) is 4.62. The van der Waals surface area contributed by atoms with E-state index in [4.69, 9.17) is 4.74 Å². The van der Waals surface area contributed by atoms with Gasteiger partial charge in [0.05, 0.1) is 13.0 Å². The molecule has 1 aliphatic rings. The number of nitrogens with zero attached hydrogens (tertiary/aromatic N) is 2. The summed E-state index contributed by atoms with van der Waals surface area (Å²) in [6, 6.07) is 19.3. The van der Waals surface area contributed by atoms with Gasteiger partial charge in [0.2, 0.25) is 5.54 Å². The third-order valence-corrected chi connectivity index (χ3v) is 6.05. The van der Waals surface area contributed by atoms with E-state index in [9.17, 15) is 14.9 Å². The van der Waals surface area contributed by atoms with Crippen LogP contribution in [0.4, 0.5) is 0 Å². The highest BCUT2D eigenvalue weighted by molar-refractivity contribution is 5.82. The SMILES string of the molecule is COC(=O)C1(C(c2ccccc2)[C-](C)[N+](=O)[O-])CCC[N+]1=CC(C)c1ccccc1. The Hall–Kier alpha value is -3.15. The second kappa shape index (κ2) is 9.11. The molecule has 0 radical (unpaired) electrons. The fraction of sp³-hybridized carbons (Fsp3) is 0.375. The molecule has 3 atom stereocenters. The third kappa shape index (κ3) is 3.95. The largest absolute Gasteiger partial charge is 0.464 e. The number of rotatable bonds is 7. The van der Waals surface area contributed by atoms with Gasteiger partial charge in [0.1, 0.15) is 12.8 Å². The molecule has 2 aromatic rings. The predicted octanol–water partition coefficient (Wildman–Crippen LogP) is 4.19. The third-order valence-electron chi connectivity index (χ3n) is 6.05. The Balaban J connectivity index is 2.17. The molecular formula is C24H28N2O4. The van der Waals surface area contributed by atoms with Crippen molar-refractivity contribution >= 4 is 12.2 Å². The number of hydrogen-bond acceptors (Lipinski definition) is 4. The minimum Gasteiger partial charge on any atom is -0.464 e. The Bertz CT molecular complexity index is 913. The van der Waals surface area contributed by atoms with Crippen LogP contribution in [-0.2, 0) is 9.53 Å². The average Bonchev–Trinajstić information content (AvgIpc) is 3.18. The van der Waals surface area contributed by atoms with Crippen LogP contribution in [0.15, 0.2) is 60.7 Å². The Morgan fingerprint density at radius 3 is 2.27 bits per heavy atom. The number of carbonyl (C=O) groups excluding carboxylic acids is 1. The molecule has 6 nitrogen and oxygen atoms in total. The molecule has 3 unspecified atom stereocenters. The van der Waals surface area contributed by atoms with Gasteiger partial charge in [-0.15, -0.1) is 11.8 Å². The highest BCUT2D eigenvalue weighted by atomic mass is 16.6. The lowest BCUT2D eigenvalue weighted by atomic mass is 9.73. The van der Waals surface area contributed by atoms with E-state index in [2.05, 4.69) is 6.92 Å². The molecule has 0 spiro atoms. The molecule has 30 heavy (non-hydrogen) atoms.